The molecule has 0 aliphatic rings. The van der Waals surface area contributed by atoms with Gasteiger partial charge in [-0.2, -0.15) is 4.99 Å². The van der Waals surface area contributed by atoms with Crippen LogP contribution in [0.2, 0.25) is 0 Å². The Morgan fingerprint density at radius 3 is 2.53 bits per heavy atom. The molecule has 2 aromatic rings. The van der Waals surface area contributed by atoms with Gasteiger partial charge in [0.15, 0.2) is 11.7 Å². The van der Waals surface area contributed by atoms with Crippen molar-refractivity contribution in [1.29, 1.82) is 0 Å². The third kappa shape index (κ3) is 6.00. The molecule has 30 heavy (non-hydrogen) atoms. The molecule has 0 radical (unpaired) electrons. The number of aliphatic hydroxyl groups excluding tert-OH is 1. The highest BCUT2D eigenvalue weighted by Gasteiger charge is 2.16. The van der Waals surface area contributed by atoms with E-state index < -0.39 is 11.2 Å². The van der Waals surface area contributed by atoms with Gasteiger partial charge in [0.05, 0.1) is 11.7 Å². The summed E-state index contributed by atoms with van der Waals surface area (Å²) < 4.78 is 21.0. The lowest BCUT2D eigenvalue weighted by Crippen LogP contribution is -2.40. The fourth-order valence-corrected chi connectivity index (χ4v) is 2.94. The summed E-state index contributed by atoms with van der Waals surface area (Å²) in [5, 5.41) is 9.09. The van der Waals surface area contributed by atoms with Crippen molar-refractivity contribution in [3.8, 4) is 0 Å². The van der Waals surface area contributed by atoms with E-state index in [-0.39, 0.29) is 42.9 Å². The van der Waals surface area contributed by atoms with E-state index in [9.17, 15) is 14.0 Å². The quantitative estimate of drug-likeness (QED) is 0.529. The van der Waals surface area contributed by atoms with E-state index in [1.54, 1.807) is 31.2 Å². The van der Waals surface area contributed by atoms with Crippen LogP contribution in [0.25, 0.3) is 6.08 Å². The van der Waals surface area contributed by atoms with Crippen LogP contribution in [0.3, 0.4) is 0 Å². The second-order valence-corrected chi connectivity index (χ2v) is 7.14. The van der Waals surface area contributed by atoms with Crippen LogP contribution < -0.4 is 11.2 Å². The van der Waals surface area contributed by atoms with E-state index >= 15 is 0 Å². The van der Waals surface area contributed by atoms with Gasteiger partial charge in [0.2, 0.25) is 0 Å². The summed E-state index contributed by atoms with van der Waals surface area (Å²) in [7, 11) is 1.54. The second kappa shape index (κ2) is 10.7. The molecule has 1 aromatic heterocycles. The molecule has 0 aliphatic carbocycles. The second-order valence-electron chi connectivity index (χ2n) is 7.14. The number of hydrogen-bond donors (Lipinski definition) is 1. The highest BCUT2D eigenvalue weighted by atomic mass is 19.1. The van der Waals surface area contributed by atoms with E-state index in [4.69, 9.17) is 9.84 Å². The van der Waals surface area contributed by atoms with Crippen LogP contribution in [0.15, 0.2) is 44.9 Å². The number of halogens is 1. The number of aliphatic imine (C=N–C) groups is 1. The molecule has 0 saturated heterocycles. The molecule has 0 atom stereocenters. The van der Waals surface area contributed by atoms with E-state index in [2.05, 4.69) is 4.99 Å². The highest BCUT2D eigenvalue weighted by molar-refractivity contribution is 5.78. The summed E-state index contributed by atoms with van der Waals surface area (Å²) in [6, 6.07) is 6.08. The zero-order valence-corrected chi connectivity index (χ0v) is 17.8. The Morgan fingerprint density at radius 1 is 1.27 bits per heavy atom. The maximum atomic E-state index is 13.1. The van der Waals surface area contributed by atoms with Crippen molar-refractivity contribution in [3.05, 3.63) is 68.1 Å². The first-order chi connectivity index (χ1) is 14.2. The average molecular weight is 417 g/mol. The minimum absolute atomic E-state index is 0.103. The Labute approximate surface area is 174 Å². The van der Waals surface area contributed by atoms with Crippen molar-refractivity contribution >= 4 is 17.8 Å². The van der Waals surface area contributed by atoms with Crippen LogP contribution >= 0.6 is 0 Å². The number of nitrogens with zero attached hydrogens (tertiary/aromatic N) is 3. The molecule has 7 nitrogen and oxygen atoms in total. The third-order valence-corrected chi connectivity index (χ3v) is 4.31. The smallest absolute Gasteiger partial charge is 0.332 e. The van der Waals surface area contributed by atoms with Gasteiger partial charge in [0.1, 0.15) is 5.82 Å². The largest absolute Gasteiger partial charge is 0.478 e. The number of ether oxygens (including phenoxy) is 1. The molecule has 0 fully saturated rings. The van der Waals surface area contributed by atoms with Gasteiger partial charge in [-0.15, -0.1) is 0 Å². The predicted molar refractivity (Wildman–Crippen MR) is 116 cm³/mol. The molecule has 8 heteroatoms. The molecule has 0 spiro atoms. The van der Waals surface area contributed by atoms with Gasteiger partial charge in [0, 0.05) is 27.1 Å². The molecule has 1 N–H and O–H groups in total. The van der Waals surface area contributed by atoms with Crippen molar-refractivity contribution in [2.45, 2.75) is 46.3 Å². The lowest BCUT2D eigenvalue weighted by Gasteiger charge is -2.14. The Balaban J connectivity index is 2.53. The number of benzene rings is 1. The first-order valence-electron chi connectivity index (χ1n) is 9.82. The van der Waals surface area contributed by atoms with E-state index in [0.29, 0.717) is 12.3 Å². The van der Waals surface area contributed by atoms with E-state index in [1.165, 1.54) is 23.7 Å². The van der Waals surface area contributed by atoms with Crippen LogP contribution in [0.1, 0.15) is 38.3 Å². The van der Waals surface area contributed by atoms with Crippen LogP contribution in [0, 0.1) is 5.82 Å². The minimum Gasteiger partial charge on any atom is -0.478 e. The Morgan fingerprint density at radius 2 is 1.93 bits per heavy atom. The maximum absolute atomic E-state index is 13.1. The van der Waals surface area contributed by atoms with Crippen molar-refractivity contribution in [1.82, 2.24) is 9.13 Å². The normalized spacial score (nSPS) is 12.2. The van der Waals surface area contributed by atoms with Crippen molar-refractivity contribution in [2.75, 3.05) is 6.61 Å². The molecule has 0 unspecified atom stereocenters. The van der Waals surface area contributed by atoms with Gasteiger partial charge in [-0.1, -0.05) is 18.2 Å². The van der Waals surface area contributed by atoms with E-state index in [0.717, 1.165) is 10.1 Å². The third-order valence-electron chi connectivity index (χ3n) is 4.31. The molecule has 1 aromatic carbocycles. The molecule has 1 heterocycles. The van der Waals surface area contributed by atoms with Crippen molar-refractivity contribution in [3.63, 3.8) is 0 Å². The Kier molecular flexibility index (Phi) is 8.29. The highest BCUT2D eigenvalue weighted by Crippen LogP contribution is 2.17. The van der Waals surface area contributed by atoms with Gasteiger partial charge >= 0.3 is 5.69 Å². The molecule has 0 aliphatic heterocycles. The first kappa shape index (κ1) is 23.3. The van der Waals surface area contributed by atoms with Crippen molar-refractivity contribution in [2.24, 2.45) is 12.0 Å². The van der Waals surface area contributed by atoms with E-state index in [1.807, 2.05) is 13.8 Å². The van der Waals surface area contributed by atoms with Crippen molar-refractivity contribution < 1.29 is 14.2 Å². The standard InChI is InChI=1S/C22H28FN3O4/c1-15(2)30-16(3)24-20-19(8-5-7-17-9-11-18(23)12-10-17)21(28)26(13-6-14-27)22(29)25(20)4/h5,8-12,15,27H,6-7,13-14H2,1-4H3/b8-5+,24-16?. The fourth-order valence-electron chi connectivity index (χ4n) is 2.94. The molecule has 162 valence electrons. The minimum atomic E-state index is -0.514. The zero-order chi connectivity index (χ0) is 22.3. The summed E-state index contributed by atoms with van der Waals surface area (Å²) in [6.07, 6.45) is 4.04. The van der Waals surface area contributed by atoms with Gasteiger partial charge in [-0.3, -0.25) is 13.9 Å². The zero-order valence-electron chi connectivity index (χ0n) is 17.8. The van der Waals surface area contributed by atoms with Gasteiger partial charge < -0.3 is 9.84 Å². The summed E-state index contributed by atoms with van der Waals surface area (Å²) >= 11 is 0. The summed E-state index contributed by atoms with van der Waals surface area (Å²) in [5.74, 6) is 0.212. The molecular weight excluding hydrogens is 389 g/mol. The van der Waals surface area contributed by atoms with Crippen LogP contribution in [0.4, 0.5) is 10.2 Å². The van der Waals surface area contributed by atoms with Gasteiger partial charge in [0.25, 0.3) is 5.56 Å². The van der Waals surface area contributed by atoms with Gasteiger partial charge in [-0.25, -0.2) is 9.18 Å². The molecule has 2 rings (SSSR count). The lowest BCUT2D eigenvalue weighted by atomic mass is 10.1. The van der Waals surface area contributed by atoms with Gasteiger partial charge in [-0.05, 0) is 50.5 Å². The molecule has 0 saturated carbocycles. The summed E-state index contributed by atoms with van der Waals surface area (Å²) in [5.41, 5.74) is 0.115. The monoisotopic (exact) mass is 417 g/mol. The molecular formula is C22H28FN3O4. The Hall–Kier alpha value is -3.00. The number of aromatic nitrogens is 2. The topological polar surface area (TPSA) is 85.8 Å². The van der Waals surface area contributed by atoms with Crippen LogP contribution in [0.5, 0.6) is 0 Å². The van der Waals surface area contributed by atoms with Crippen LogP contribution in [-0.2, 0) is 24.8 Å². The number of allylic oxidation sites excluding steroid dienone is 1. The summed E-state index contributed by atoms with van der Waals surface area (Å²) in [4.78, 5) is 30.1. The number of hydrogen-bond acceptors (Lipinski definition) is 5. The number of aliphatic hydroxyl groups is 1. The SMILES string of the molecule is CC(=Nc1c(/C=C/Cc2ccc(F)cc2)c(=O)n(CCCO)c(=O)n1C)OC(C)C. The molecule has 0 bridgehead atoms. The Bertz CT molecular complexity index is 1030. The molecule has 0 amide bonds. The number of rotatable bonds is 8. The van der Waals surface area contributed by atoms with Crippen LogP contribution in [-0.4, -0.2) is 32.8 Å². The maximum Gasteiger partial charge on any atom is 0.332 e. The summed E-state index contributed by atoms with van der Waals surface area (Å²) in [6.45, 7) is 5.34. The fraction of sp³-hybridized carbons (Fsp3) is 0.409. The predicted octanol–water partition coefficient (Wildman–Crippen LogP) is 2.80. The lowest BCUT2D eigenvalue weighted by molar-refractivity contribution is 0.226. The first-order valence-corrected chi connectivity index (χ1v) is 9.82. The average Bonchev–Trinajstić information content (AvgIpc) is 2.69.